The lowest BCUT2D eigenvalue weighted by Crippen LogP contribution is -2.63. The fourth-order valence-corrected chi connectivity index (χ4v) is 9.39. The standard InChI is InChI=1S/C35H28O2/c1-32-25-20-12-13-21-26(25)34(24-18-10-5-11-19-24)31-30(36)29(32)27(22-14-6-3-7-15-22)28(23-16-8-4-9-17-23)35(32,37)33(31,34)2/h3-21,29,31,37H,1-2H3. The van der Waals surface area contributed by atoms with Crippen molar-refractivity contribution in [3.8, 4) is 0 Å². The molecule has 0 aliphatic heterocycles. The number of fused-ring (bicyclic) bond motifs is 3. The van der Waals surface area contributed by atoms with E-state index in [1.807, 2.05) is 42.5 Å². The monoisotopic (exact) mass is 480 g/mol. The highest BCUT2D eigenvalue weighted by molar-refractivity contribution is 6.17. The van der Waals surface area contributed by atoms with Gasteiger partial charge in [-0.2, -0.15) is 0 Å². The van der Waals surface area contributed by atoms with Gasteiger partial charge in [0.05, 0.1) is 5.92 Å². The van der Waals surface area contributed by atoms with E-state index >= 15 is 0 Å². The molecule has 0 aromatic heterocycles. The van der Waals surface area contributed by atoms with E-state index in [-0.39, 0.29) is 11.7 Å². The molecule has 0 amide bonds. The summed E-state index contributed by atoms with van der Waals surface area (Å²) in [5.41, 5.74) is 4.13. The second-order valence-electron chi connectivity index (χ2n) is 11.6. The van der Waals surface area contributed by atoms with Crippen molar-refractivity contribution in [3.05, 3.63) is 143 Å². The maximum absolute atomic E-state index is 14.9. The van der Waals surface area contributed by atoms with Gasteiger partial charge in [-0.15, -0.1) is 0 Å². The van der Waals surface area contributed by atoms with Crippen LogP contribution in [0.4, 0.5) is 0 Å². The second kappa shape index (κ2) is 6.57. The van der Waals surface area contributed by atoms with Crippen molar-refractivity contribution in [3.63, 3.8) is 0 Å². The smallest absolute Gasteiger partial charge is 0.146 e. The van der Waals surface area contributed by atoms with Gasteiger partial charge < -0.3 is 5.11 Å². The molecule has 2 saturated carbocycles. The van der Waals surface area contributed by atoms with Crippen LogP contribution < -0.4 is 0 Å². The number of rotatable bonds is 3. The SMILES string of the molecule is CC12c3ccccc3C3(c4ccccc4)C4C(=O)C1C(c1ccccc1)=C(c1ccccc1)C2(O)C43C. The largest absolute Gasteiger partial charge is 0.384 e. The Morgan fingerprint density at radius 3 is 1.78 bits per heavy atom. The number of hydrogen-bond acceptors (Lipinski definition) is 2. The molecule has 0 heterocycles. The van der Waals surface area contributed by atoms with Crippen LogP contribution in [0.15, 0.2) is 115 Å². The van der Waals surface area contributed by atoms with Crippen molar-refractivity contribution in [2.45, 2.75) is 30.3 Å². The van der Waals surface area contributed by atoms with Crippen molar-refractivity contribution < 1.29 is 9.90 Å². The predicted molar refractivity (Wildman–Crippen MR) is 146 cm³/mol. The summed E-state index contributed by atoms with van der Waals surface area (Å²) >= 11 is 0. The Balaban J connectivity index is 1.57. The van der Waals surface area contributed by atoms with Gasteiger partial charge in [-0.25, -0.2) is 0 Å². The quantitative estimate of drug-likeness (QED) is 0.367. The molecule has 4 aromatic rings. The molecule has 2 nitrogen and oxygen atoms in total. The molecule has 0 spiro atoms. The summed E-state index contributed by atoms with van der Waals surface area (Å²) in [4.78, 5) is 14.9. The molecule has 37 heavy (non-hydrogen) atoms. The molecule has 180 valence electrons. The number of benzene rings is 4. The molecule has 4 bridgehead atoms. The van der Waals surface area contributed by atoms with Gasteiger partial charge in [-0.1, -0.05) is 129 Å². The van der Waals surface area contributed by atoms with Gasteiger partial charge in [0, 0.05) is 22.2 Å². The first-order chi connectivity index (χ1) is 17.9. The average molecular weight is 481 g/mol. The molecule has 2 fully saturated rings. The molecule has 1 N–H and O–H groups in total. The third kappa shape index (κ3) is 1.97. The lowest BCUT2D eigenvalue weighted by Gasteiger charge is -2.56. The maximum Gasteiger partial charge on any atom is 0.146 e. The van der Waals surface area contributed by atoms with Crippen molar-refractivity contribution in [2.75, 3.05) is 0 Å². The van der Waals surface area contributed by atoms with Gasteiger partial charge >= 0.3 is 0 Å². The molecule has 4 aromatic carbocycles. The molecular weight excluding hydrogens is 452 g/mol. The number of Topliss-reactive ketones (excluding diaryl/α,β-unsaturated/α-hetero) is 1. The van der Waals surface area contributed by atoms with Crippen LogP contribution in [0.5, 0.6) is 0 Å². The van der Waals surface area contributed by atoms with E-state index in [2.05, 4.69) is 86.6 Å². The van der Waals surface area contributed by atoms with Crippen LogP contribution >= 0.6 is 0 Å². The normalized spacial score (nSPS) is 36.4. The van der Waals surface area contributed by atoms with E-state index in [4.69, 9.17) is 0 Å². The van der Waals surface area contributed by atoms with Gasteiger partial charge in [0.25, 0.3) is 0 Å². The molecule has 6 atom stereocenters. The van der Waals surface area contributed by atoms with E-state index in [0.717, 1.165) is 33.4 Å². The van der Waals surface area contributed by atoms with Crippen LogP contribution in [-0.2, 0) is 15.6 Å². The third-order valence-corrected chi connectivity index (χ3v) is 10.6. The summed E-state index contributed by atoms with van der Waals surface area (Å²) < 4.78 is 0. The Kier molecular flexibility index (Phi) is 3.79. The van der Waals surface area contributed by atoms with Crippen LogP contribution in [0.3, 0.4) is 0 Å². The Morgan fingerprint density at radius 2 is 1.16 bits per heavy atom. The van der Waals surface area contributed by atoms with E-state index in [1.165, 1.54) is 5.56 Å². The molecule has 4 aliphatic carbocycles. The molecule has 0 saturated heterocycles. The van der Waals surface area contributed by atoms with Crippen molar-refractivity contribution in [1.82, 2.24) is 0 Å². The Labute approximate surface area is 217 Å². The van der Waals surface area contributed by atoms with Crippen LogP contribution in [0.1, 0.15) is 41.7 Å². The molecular formula is C35H28O2. The highest BCUT2D eigenvalue weighted by Crippen LogP contribution is 2.90. The summed E-state index contributed by atoms with van der Waals surface area (Å²) in [7, 11) is 0. The van der Waals surface area contributed by atoms with Crippen molar-refractivity contribution >= 4 is 16.9 Å². The topological polar surface area (TPSA) is 37.3 Å². The minimum absolute atomic E-state index is 0.263. The van der Waals surface area contributed by atoms with Crippen LogP contribution in [-0.4, -0.2) is 16.5 Å². The van der Waals surface area contributed by atoms with Gasteiger partial charge in [-0.3, -0.25) is 4.79 Å². The zero-order chi connectivity index (χ0) is 25.2. The van der Waals surface area contributed by atoms with Gasteiger partial charge in [0.2, 0.25) is 0 Å². The van der Waals surface area contributed by atoms with Gasteiger partial charge in [0.1, 0.15) is 11.4 Å². The second-order valence-corrected chi connectivity index (χ2v) is 11.6. The molecule has 2 heteroatoms. The fourth-order valence-electron chi connectivity index (χ4n) is 9.39. The molecule has 0 radical (unpaired) electrons. The summed E-state index contributed by atoms with van der Waals surface area (Å²) in [6.07, 6.45) is 0. The minimum Gasteiger partial charge on any atom is -0.384 e. The Hall–Kier alpha value is -3.75. The first-order valence-corrected chi connectivity index (χ1v) is 13.2. The summed E-state index contributed by atoms with van der Waals surface area (Å²) in [6.45, 7) is 4.34. The first-order valence-electron chi connectivity index (χ1n) is 13.2. The van der Waals surface area contributed by atoms with Gasteiger partial charge in [-0.05, 0) is 39.0 Å². The van der Waals surface area contributed by atoms with E-state index in [9.17, 15) is 9.90 Å². The maximum atomic E-state index is 14.9. The highest BCUT2D eigenvalue weighted by atomic mass is 16.3. The Morgan fingerprint density at radius 1 is 0.649 bits per heavy atom. The number of carbonyl (C=O) groups is 1. The number of carbonyl (C=O) groups excluding carboxylic acids is 1. The number of ketones is 1. The number of aliphatic hydroxyl groups is 1. The predicted octanol–water partition coefficient (Wildman–Crippen LogP) is 6.43. The molecule has 4 aliphatic rings. The lowest BCUT2D eigenvalue weighted by molar-refractivity contribution is -0.139. The zero-order valence-electron chi connectivity index (χ0n) is 21.0. The zero-order valence-corrected chi connectivity index (χ0v) is 21.0. The third-order valence-electron chi connectivity index (χ3n) is 10.6. The van der Waals surface area contributed by atoms with E-state index < -0.39 is 27.8 Å². The Bertz CT molecular complexity index is 1640. The number of allylic oxidation sites excluding steroid dienone is 1. The van der Waals surface area contributed by atoms with Crippen molar-refractivity contribution in [1.29, 1.82) is 0 Å². The highest BCUT2D eigenvalue weighted by Gasteiger charge is 2.95. The van der Waals surface area contributed by atoms with Crippen LogP contribution in [0.2, 0.25) is 0 Å². The van der Waals surface area contributed by atoms with E-state index in [0.29, 0.717) is 0 Å². The first kappa shape index (κ1) is 21.3. The molecule has 8 rings (SSSR count). The molecule has 6 unspecified atom stereocenters. The van der Waals surface area contributed by atoms with Gasteiger partial charge in [0.15, 0.2) is 0 Å². The fraction of sp³-hybridized carbons (Fsp3) is 0.229. The summed E-state index contributed by atoms with van der Waals surface area (Å²) in [6, 6.07) is 39.5. The van der Waals surface area contributed by atoms with Crippen molar-refractivity contribution in [2.24, 2.45) is 17.3 Å². The minimum atomic E-state index is -1.24. The summed E-state index contributed by atoms with van der Waals surface area (Å²) in [5.74, 6) is -0.462. The number of hydrogen-bond donors (Lipinski definition) is 1. The van der Waals surface area contributed by atoms with E-state index in [1.54, 1.807) is 0 Å². The summed E-state index contributed by atoms with van der Waals surface area (Å²) in [5, 5.41) is 13.6. The van der Waals surface area contributed by atoms with Crippen LogP contribution in [0.25, 0.3) is 11.1 Å². The van der Waals surface area contributed by atoms with Crippen LogP contribution in [0, 0.1) is 17.3 Å². The average Bonchev–Trinajstić information content (AvgIpc) is 3.51. The lowest BCUT2D eigenvalue weighted by atomic mass is 9.49.